The zero-order valence-corrected chi connectivity index (χ0v) is 23.3. The summed E-state index contributed by atoms with van der Waals surface area (Å²) in [6, 6.07) is 21.5. The third-order valence-corrected chi connectivity index (χ3v) is 7.62. The Morgan fingerprint density at radius 2 is 1.50 bits per heavy atom. The predicted molar refractivity (Wildman–Crippen MR) is 150 cm³/mol. The van der Waals surface area contributed by atoms with Gasteiger partial charge in [0, 0.05) is 21.9 Å². The Morgan fingerprint density at radius 1 is 0.882 bits per heavy atom. The van der Waals surface area contributed by atoms with E-state index in [9.17, 15) is 0 Å². The summed E-state index contributed by atoms with van der Waals surface area (Å²) in [6.45, 7) is 17.6. The summed E-state index contributed by atoms with van der Waals surface area (Å²) in [5.74, 6) is 0.541. The highest BCUT2D eigenvalue weighted by atomic mass is 28.3. The molecule has 178 valence electrons. The molecular weight excluding hydrogens is 428 g/mol. The molecule has 0 aliphatic heterocycles. The van der Waals surface area contributed by atoms with E-state index >= 15 is 0 Å². The smallest absolute Gasteiger partial charge is 0.225 e. The van der Waals surface area contributed by atoms with Crippen molar-refractivity contribution in [3.8, 4) is 17.1 Å². The lowest BCUT2D eigenvalue weighted by molar-refractivity contribution is -0.557. The largest absolute Gasteiger partial charge is 0.295 e. The van der Waals surface area contributed by atoms with Gasteiger partial charge in [-0.2, -0.15) is 4.57 Å². The maximum absolute atomic E-state index is 8.98. The van der Waals surface area contributed by atoms with E-state index in [0.29, 0.717) is 11.8 Å². The van der Waals surface area contributed by atoms with Gasteiger partial charge in [0.1, 0.15) is 5.69 Å². The molecule has 3 heteroatoms. The van der Waals surface area contributed by atoms with E-state index in [4.69, 9.17) is 2.74 Å². The molecule has 0 bridgehead atoms. The van der Waals surface area contributed by atoms with Crippen molar-refractivity contribution in [2.75, 3.05) is 0 Å². The number of para-hydroxylation sites is 1. The summed E-state index contributed by atoms with van der Waals surface area (Å²) in [7, 11) is 0.0221. The SMILES string of the molecule is [2H]C([2H])(c1ccc2c(c1)n(C)c(-c1ccccc1C)[n+]2-c1c(C(C)C)cccc1C(C)C)[Si](C)(C)C. The van der Waals surface area contributed by atoms with Crippen LogP contribution in [-0.2, 0) is 13.0 Å². The van der Waals surface area contributed by atoms with E-state index < -0.39 is 14.1 Å². The molecule has 3 aromatic carbocycles. The van der Waals surface area contributed by atoms with Crippen LogP contribution < -0.4 is 4.57 Å². The number of hydrogen-bond acceptors (Lipinski definition) is 0. The average Bonchev–Trinajstić information content (AvgIpc) is 3.09. The molecule has 4 rings (SSSR count). The fourth-order valence-electron chi connectivity index (χ4n) is 4.99. The van der Waals surface area contributed by atoms with Gasteiger partial charge in [0.25, 0.3) is 5.82 Å². The Bertz CT molecular complexity index is 1400. The van der Waals surface area contributed by atoms with Crippen molar-refractivity contribution in [2.24, 2.45) is 7.05 Å². The van der Waals surface area contributed by atoms with Crippen LogP contribution in [0.3, 0.4) is 0 Å². The molecule has 0 aliphatic rings. The van der Waals surface area contributed by atoms with E-state index in [2.05, 4.69) is 125 Å². The van der Waals surface area contributed by atoms with Gasteiger partial charge in [-0.3, -0.25) is 0 Å². The van der Waals surface area contributed by atoms with Gasteiger partial charge < -0.3 is 0 Å². The van der Waals surface area contributed by atoms with Crippen LogP contribution in [-0.4, -0.2) is 12.6 Å². The zero-order valence-electron chi connectivity index (χ0n) is 24.3. The number of aryl methyl sites for hydroxylation is 2. The number of benzene rings is 3. The predicted octanol–water partition coefficient (Wildman–Crippen LogP) is 8.10. The van der Waals surface area contributed by atoms with Gasteiger partial charge in [0.15, 0.2) is 11.0 Å². The maximum atomic E-state index is 8.98. The molecule has 0 saturated heterocycles. The number of rotatable bonds is 6. The van der Waals surface area contributed by atoms with Crippen LogP contribution in [0.2, 0.25) is 19.6 Å². The van der Waals surface area contributed by atoms with Gasteiger partial charge in [-0.1, -0.05) is 89.8 Å². The van der Waals surface area contributed by atoms with Crippen LogP contribution >= 0.6 is 0 Å². The lowest BCUT2D eigenvalue weighted by atomic mass is 9.92. The molecule has 34 heavy (non-hydrogen) atoms. The van der Waals surface area contributed by atoms with Gasteiger partial charge in [0.2, 0.25) is 0 Å². The third kappa shape index (κ3) is 4.51. The van der Waals surface area contributed by atoms with Crippen molar-refractivity contribution in [1.29, 1.82) is 0 Å². The average molecular weight is 472 g/mol. The molecule has 4 aromatic rings. The normalized spacial score (nSPS) is 13.6. The summed E-state index contributed by atoms with van der Waals surface area (Å²) >= 11 is 0. The quantitative estimate of drug-likeness (QED) is 0.198. The molecule has 1 heterocycles. The molecule has 0 amide bonds. The lowest BCUT2D eigenvalue weighted by Crippen LogP contribution is -2.36. The lowest BCUT2D eigenvalue weighted by Gasteiger charge is -2.18. The second-order valence-electron chi connectivity index (χ2n) is 11.2. The summed E-state index contributed by atoms with van der Waals surface area (Å²) < 4.78 is 22.7. The van der Waals surface area contributed by atoms with Crippen LogP contribution in [0.15, 0.2) is 60.7 Å². The second-order valence-corrected chi connectivity index (χ2v) is 16.0. The van der Waals surface area contributed by atoms with Crippen LogP contribution in [0.1, 0.15) is 64.5 Å². The van der Waals surface area contributed by atoms with E-state index in [0.717, 1.165) is 22.4 Å². The first-order valence-electron chi connectivity index (χ1n) is 13.5. The number of hydrogen-bond donors (Lipinski definition) is 0. The third-order valence-electron chi connectivity index (χ3n) is 6.58. The summed E-state index contributed by atoms with van der Waals surface area (Å²) in [5.41, 5.74) is 9.28. The van der Waals surface area contributed by atoms with Crippen molar-refractivity contribution in [3.63, 3.8) is 0 Å². The number of fused-ring (bicyclic) bond motifs is 1. The fourth-order valence-corrected chi connectivity index (χ4v) is 6.01. The highest BCUT2D eigenvalue weighted by Crippen LogP contribution is 2.33. The van der Waals surface area contributed by atoms with Crippen LogP contribution in [0.25, 0.3) is 28.1 Å². The molecule has 0 atom stereocenters. The highest BCUT2D eigenvalue weighted by Gasteiger charge is 2.31. The summed E-state index contributed by atoms with van der Waals surface area (Å²) in [5, 5.41) is 0. The van der Waals surface area contributed by atoms with Crippen molar-refractivity contribution in [2.45, 2.75) is 72.1 Å². The second kappa shape index (κ2) is 9.18. The van der Waals surface area contributed by atoms with E-state index in [1.165, 1.54) is 27.9 Å². The monoisotopic (exact) mass is 471 g/mol. The van der Waals surface area contributed by atoms with Crippen molar-refractivity contribution < 1.29 is 7.31 Å². The topological polar surface area (TPSA) is 8.81 Å². The molecule has 0 aliphatic carbocycles. The Labute approximate surface area is 210 Å². The number of aromatic nitrogens is 2. The minimum absolute atomic E-state index is 0.367. The minimum atomic E-state index is -2.10. The molecule has 1 aromatic heterocycles. The Morgan fingerprint density at radius 3 is 2.06 bits per heavy atom. The molecule has 0 saturated carbocycles. The molecule has 0 radical (unpaired) electrons. The standard InChI is InChI=1S/C31H41N2Si/c1-21(2)25-15-12-16-26(22(3)4)30(25)33-28-18-17-24(20-34(7,8)9)19-29(28)32(6)31(33)27-14-11-10-13-23(27)5/h10-19,21-22H,20H2,1-9H3/q+1/i20D2. The molecule has 0 unspecified atom stereocenters. The van der Waals surface area contributed by atoms with E-state index in [1.54, 1.807) is 0 Å². The molecule has 2 nitrogen and oxygen atoms in total. The molecule has 0 fully saturated rings. The van der Waals surface area contributed by atoms with Crippen molar-refractivity contribution in [3.05, 3.63) is 82.9 Å². The first-order chi connectivity index (χ1) is 16.8. The van der Waals surface area contributed by atoms with E-state index in [1.807, 2.05) is 6.07 Å². The fraction of sp³-hybridized carbons (Fsp3) is 0.387. The first kappa shape index (κ1) is 21.9. The van der Waals surface area contributed by atoms with Crippen LogP contribution in [0.4, 0.5) is 0 Å². The summed E-state index contributed by atoms with van der Waals surface area (Å²) in [6.07, 6.45) is 0. The van der Waals surface area contributed by atoms with E-state index in [-0.39, 0.29) is 0 Å². The van der Waals surface area contributed by atoms with Crippen LogP contribution in [0, 0.1) is 6.92 Å². The van der Waals surface area contributed by atoms with Crippen LogP contribution in [0.5, 0.6) is 0 Å². The van der Waals surface area contributed by atoms with Gasteiger partial charge in [-0.15, -0.1) is 0 Å². The highest BCUT2D eigenvalue weighted by molar-refractivity contribution is 6.75. The molecule has 0 spiro atoms. The Balaban J connectivity index is 2.20. The maximum Gasteiger partial charge on any atom is 0.295 e. The number of imidazole rings is 1. The molecule has 0 N–H and O–H groups in total. The first-order valence-corrected chi connectivity index (χ1v) is 16.0. The Hall–Kier alpha value is -2.65. The number of nitrogens with zero attached hydrogens (tertiary/aromatic N) is 2. The molecular formula is C31H41N2Si+. The van der Waals surface area contributed by atoms with Crippen molar-refractivity contribution in [1.82, 2.24) is 4.57 Å². The van der Waals surface area contributed by atoms with Gasteiger partial charge in [-0.25, -0.2) is 4.57 Å². The zero-order chi connectivity index (χ0) is 26.6. The van der Waals surface area contributed by atoms with Gasteiger partial charge in [0.05, 0.1) is 12.6 Å². The summed E-state index contributed by atoms with van der Waals surface area (Å²) in [4.78, 5) is 0. The van der Waals surface area contributed by atoms with Gasteiger partial charge in [-0.05, 0) is 54.1 Å². The minimum Gasteiger partial charge on any atom is -0.225 e. The van der Waals surface area contributed by atoms with Crippen molar-refractivity contribution >= 4 is 19.1 Å². The van der Waals surface area contributed by atoms with Gasteiger partial charge >= 0.3 is 0 Å². The Kier molecular flexibility index (Phi) is 5.90.